The van der Waals surface area contributed by atoms with E-state index >= 15 is 0 Å². The van der Waals surface area contributed by atoms with Gasteiger partial charge in [-0.15, -0.1) is 0 Å². The molecule has 0 fully saturated rings. The van der Waals surface area contributed by atoms with E-state index in [1.807, 2.05) is 11.9 Å². The Hall–Kier alpha value is -0.130. The Morgan fingerprint density at radius 3 is 2.33 bits per heavy atom. The molecule has 0 aliphatic heterocycles. The van der Waals surface area contributed by atoms with Crippen molar-refractivity contribution in [1.82, 2.24) is 4.90 Å². The van der Waals surface area contributed by atoms with Gasteiger partial charge in [-0.25, -0.2) is 8.42 Å². The van der Waals surface area contributed by atoms with Crippen molar-refractivity contribution < 1.29 is 8.42 Å². The maximum absolute atomic E-state index is 10.8. The van der Waals surface area contributed by atoms with Crippen LogP contribution in [0.1, 0.15) is 6.42 Å². The van der Waals surface area contributed by atoms with Crippen LogP contribution in [0.4, 0.5) is 0 Å². The first kappa shape index (κ1) is 11.9. The molecule has 0 spiro atoms. The smallest absolute Gasteiger partial charge is 0.148 e. The van der Waals surface area contributed by atoms with E-state index in [1.165, 1.54) is 6.26 Å². The third-order valence-corrected chi connectivity index (χ3v) is 2.51. The maximum atomic E-state index is 10.8. The lowest BCUT2D eigenvalue weighted by molar-refractivity contribution is 0.350. The highest BCUT2D eigenvalue weighted by Gasteiger charge is 2.04. The fourth-order valence-electron chi connectivity index (χ4n) is 0.795. The van der Waals surface area contributed by atoms with Crippen molar-refractivity contribution >= 4 is 9.84 Å². The quantitative estimate of drug-likeness (QED) is 0.608. The molecule has 74 valence electrons. The zero-order valence-corrected chi connectivity index (χ0v) is 8.60. The number of nitrogens with two attached hydrogens (primary N) is 1. The summed E-state index contributed by atoms with van der Waals surface area (Å²) in [4.78, 5) is 1.98. The first-order valence-corrected chi connectivity index (χ1v) is 6.08. The van der Waals surface area contributed by atoms with E-state index in [2.05, 4.69) is 0 Å². The molecule has 0 aliphatic rings. The van der Waals surface area contributed by atoms with E-state index in [0.29, 0.717) is 13.1 Å². The van der Waals surface area contributed by atoms with E-state index in [4.69, 9.17) is 5.73 Å². The van der Waals surface area contributed by atoms with Crippen LogP contribution in [0.5, 0.6) is 0 Å². The highest BCUT2D eigenvalue weighted by Crippen LogP contribution is 1.89. The molecule has 2 N–H and O–H groups in total. The summed E-state index contributed by atoms with van der Waals surface area (Å²) in [6.07, 6.45) is 2.17. The van der Waals surface area contributed by atoms with Crippen LogP contribution >= 0.6 is 0 Å². The van der Waals surface area contributed by atoms with Gasteiger partial charge in [0.25, 0.3) is 0 Å². The predicted molar refractivity (Wildman–Crippen MR) is 50.9 cm³/mol. The highest BCUT2D eigenvalue weighted by molar-refractivity contribution is 7.90. The van der Waals surface area contributed by atoms with E-state index < -0.39 is 9.84 Å². The molecule has 0 aromatic rings. The van der Waals surface area contributed by atoms with Crippen molar-refractivity contribution in [3.63, 3.8) is 0 Å². The monoisotopic (exact) mass is 194 g/mol. The van der Waals surface area contributed by atoms with E-state index in [1.54, 1.807) is 0 Å². The second-order valence-electron chi connectivity index (χ2n) is 3.08. The summed E-state index contributed by atoms with van der Waals surface area (Å²) in [7, 11) is -0.914. The molecule has 0 atom stereocenters. The van der Waals surface area contributed by atoms with Crippen molar-refractivity contribution in [3.8, 4) is 0 Å². The Morgan fingerprint density at radius 2 is 1.92 bits per heavy atom. The van der Waals surface area contributed by atoms with Gasteiger partial charge in [-0.1, -0.05) is 0 Å². The standard InChI is InChI=1S/C7H18N2O2S/c1-9(5-3-4-8)6-7-12(2,10)11/h3-8H2,1-2H3. The van der Waals surface area contributed by atoms with Gasteiger partial charge in [0.2, 0.25) is 0 Å². The molecule has 0 bridgehead atoms. The van der Waals surface area contributed by atoms with Gasteiger partial charge in [-0.2, -0.15) is 0 Å². The molecular formula is C7H18N2O2S. The van der Waals surface area contributed by atoms with Gasteiger partial charge < -0.3 is 10.6 Å². The van der Waals surface area contributed by atoms with Gasteiger partial charge in [0.05, 0.1) is 5.75 Å². The Bertz CT molecular complexity index is 201. The molecule has 12 heavy (non-hydrogen) atoms. The van der Waals surface area contributed by atoms with Crippen LogP contribution in [-0.2, 0) is 9.84 Å². The van der Waals surface area contributed by atoms with Crippen molar-refractivity contribution in [3.05, 3.63) is 0 Å². The largest absolute Gasteiger partial charge is 0.330 e. The lowest BCUT2D eigenvalue weighted by Crippen LogP contribution is -2.27. The Balaban J connectivity index is 3.51. The van der Waals surface area contributed by atoms with Crippen LogP contribution in [0, 0.1) is 0 Å². The van der Waals surface area contributed by atoms with Crippen LogP contribution in [0.3, 0.4) is 0 Å². The number of rotatable bonds is 6. The summed E-state index contributed by atoms with van der Waals surface area (Å²) >= 11 is 0. The fourth-order valence-corrected chi connectivity index (χ4v) is 1.44. The fraction of sp³-hybridized carbons (Fsp3) is 1.00. The zero-order chi connectivity index (χ0) is 9.61. The van der Waals surface area contributed by atoms with Crippen molar-refractivity contribution in [2.45, 2.75) is 6.42 Å². The summed E-state index contributed by atoms with van der Waals surface area (Å²) in [6, 6.07) is 0. The molecule has 0 unspecified atom stereocenters. The molecule has 0 rings (SSSR count). The van der Waals surface area contributed by atoms with Gasteiger partial charge in [-0.05, 0) is 26.6 Å². The lowest BCUT2D eigenvalue weighted by Gasteiger charge is -2.14. The van der Waals surface area contributed by atoms with E-state index in [0.717, 1.165) is 13.0 Å². The molecule has 0 aromatic heterocycles. The van der Waals surface area contributed by atoms with Crippen molar-refractivity contribution in [2.24, 2.45) is 5.73 Å². The molecule has 0 aliphatic carbocycles. The Kier molecular flexibility index (Phi) is 5.44. The summed E-state index contributed by atoms with van der Waals surface area (Å²) in [5.41, 5.74) is 5.31. The first-order valence-electron chi connectivity index (χ1n) is 4.02. The molecule has 0 heterocycles. The van der Waals surface area contributed by atoms with Gasteiger partial charge in [0.1, 0.15) is 9.84 Å². The normalized spacial score (nSPS) is 12.3. The van der Waals surface area contributed by atoms with Crippen molar-refractivity contribution in [2.75, 3.05) is 38.7 Å². The van der Waals surface area contributed by atoms with Crippen LogP contribution in [0.15, 0.2) is 0 Å². The van der Waals surface area contributed by atoms with Gasteiger partial charge in [0, 0.05) is 12.8 Å². The van der Waals surface area contributed by atoms with E-state index in [9.17, 15) is 8.42 Å². The minimum atomic E-state index is -2.82. The van der Waals surface area contributed by atoms with Gasteiger partial charge in [-0.3, -0.25) is 0 Å². The van der Waals surface area contributed by atoms with Crippen LogP contribution in [-0.4, -0.2) is 52.0 Å². The average molecular weight is 194 g/mol. The molecule has 0 radical (unpaired) electrons. The van der Waals surface area contributed by atoms with Crippen LogP contribution < -0.4 is 5.73 Å². The lowest BCUT2D eigenvalue weighted by atomic mass is 10.4. The first-order chi connectivity index (χ1) is 5.45. The third kappa shape index (κ3) is 7.97. The molecule has 0 saturated carbocycles. The summed E-state index contributed by atoms with van der Waals surface area (Å²) in [5.74, 6) is 0.230. The summed E-state index contributed by atoms with van der Waals surface area (Å²) < 4.78 is 21.5. The van der Waals surface area contributed by atoms with Crippen LogP contribution in [0.25, 0.3) is 0 Å². The van der Waals surface area contributed by atoms with Gasteiger partial charge >= 0.3 is 0 Å². The number of hydrogen-bond donors (Lipinski definition) is 1. The Morgan fingerprint density at radius 1 is 1.33 bits per heavy atom. The third-order valence-electron chi connectivity index (χ3n) is 1.59. The van der Waals surface area contributed by atoms with E-state index in [-0.39, 0.29) is 5.75 Å². The van der Waals surface area contributed by atoms with Gasteiger partial charge in [0.15, 0.2) is 0 Å². The average Bonchev–Trinajstić information content (AvgIpc) is 1.95. The maximum Gasteiger partial charge on any atom is 0.148 e. The molecule has 4 nitrogen and oxygen atoms in total. The molecule has 0 amide bonds. The topological polar surface area (TPSA) is 63.4 Å². The molecule has 5 heteroatoms. The SMILES string of the molecule is CN(CCCN)CCS(C)(=O)=O. The zero-order valence-electron chi connectivity index (χ0n) is 7.78. The Labute approximate surface area is 74.7 Å². The number of sulfone groups is 1. The minimum Gasteiger partial charge on any atom is -0.330 e. The predicted octanol–water partition coefficient (Wildman–Crippen LogP) is -0.688. The second kappa shape index (κ2) is 5.50. The molecule has 0 aromatic carbocycles. The highest BCUT2D eigenvalue weighted by atomic mass is 32.2. The number of nitrogens with zero attached hydrogens (tertiary/aromatic N) is 1. The van der Waals surface area contributed by atoms with Crippen LogP contribution in [0.2, 0.25) is 0 Å². The summed E-state index contributed by atoms with van der Waals surface area (Å²) in [5, 5.41) is 0. The second-order valence-corrected chi connectivity index (χ2v) is 5.34. The molecular weight excluding hydrogens is 176 g/mol. The minimum absolute atomic E-state index is 0.230. The van der Waals surface area contributed by atoms with Crippen molar-refractivity contribution in [1.29, 1.82) is 0 Å². The molecule has 0 saturated heterocycles. The summed E-state index contributed by atoms with van der Waals surface area (Å²) in [6.45, 7) is 2.12. The number of hydrogen-bond acceptors (Lipinski definition) is 4.